The summed E-state index contributed by atoms with van der Waals surface area (Å²) in [4.78, 5) is 15.1. The predicted octanol–water partition coefficient (Wildman–Crippen LogP) is 4.53. The summed E-state index contributed by atoms with van der Waals surface area (Å²) in [7, 11) is 2.12. The number of alkyl halides is 3. The maximum absolute atomic E-state index is 12.9. The van der Waals surface area contributed by atoms with Gasteiger partial charge in [-0.05, 0) is 70.2 Å². The van der Waals surface area contributed by atoms with E-state index in [-0.39, 0.29) is 0 Å². The molecule has 3 aromatic heterocycles. The molecule has 1 aliphatic rings. The van der Waals surface area contributed by atoms with Gasteiger partial charge in [0.15, 0.2) is 0 Å². The Kier molecular flexibility index (Phi) is 5.12. The Morgan fingerprint density at radius 1 is 1.03 bits per heavy atom. The van der Waals surface area contributed by atoms with E-state index >= 15 is 0 Å². The molecule has 3 aromatic rings. The van der Waals surface area contributed by atoms with E-state index in [1.165, 1.54) is 6.07 Å². The second kappa shape index (κ2) is 7.59. The molecule has 5 nitrogen and oxygen atoms in total. The average Bonchev–Trinajstić information content (AvgIpc) is 2.69. The first-order valence-electron chi connectivity index (χ1n) is 9.57. The number of aryl methyl sites for hydroxylation is 1. The summed E-state index contributed by atoms with van der Waals surface area (Å²) in [5.74, 6) is 0. The van der Waals surface area contributed by atoms with Crippen LogP contribution in [0.25, 0.3) is 22.3 Å². The highest BCUT2D eigenvalue weighted by Gasteiger charge is 2.32. The number of nitrogens with one attached hydrogen (secondary N) is 1. The van der Waals surface area contributed by atoms with E-state index in [1.54, 1.807) is 19.2 Å². The largest absolute Gasteiger partial charge is 0.433 e. The Morgan fingerprint density at radius 3 is 2.48 bits per heavy atom. The number of likely N-dealkylation sites (tertiary alicyclic amines) is 1. The minimum atomic E-state index is -4.46. The molecule has 0 aliphatic carbocycles. The van der Waals surface area contributed by atoms with Crippen molar-refractivity contribution in [2.45, 2.75) is 32.0 Å². The third-order valence-corrected chi connectivity index (χ3v) is 5.31. The lowest BCUT2D eigenvalue weighted by atomic mass is 10.0. The summed E-state index contributed by atoms with van der Waals surface area (Å²) < 4.78 is 38.7. The molecule has 0 atom stereocenters. The fourth-order valence-corrected chi connectivity index (χ4v) is 3.65. The van der Waals surface area contributed by atoms with Crippen LogP contribution >= 0.6 is 0 Å². The van der Waals surface area contributed by atoms with Gasteiger partial charge in [0, 0.05) is 23.5 Å². The summed E-state index contributed by atoms with van der Waals surface area (Å²) in [6.07, 6.45) is -0.634. The van der Waals surface area contributed by atoms with Crippen LogP contribution in [0.3, 0.4) is 0 Å². The number of piperidine rings is 1. The summed E-state index contributed by atoms with van der Waals surface area (Å²) in [6.45, 7) is 3.64. The molecule has 0 amide bonds. The van der Waals surface area contributed by atoms with Crippen LogP contribution in [0.15, 0.2) is 36.5 Å². The van der Waals surface area contributed by atoms with E-state index < -0.39 is 11.9 Å². The number of aromatic nitrogens is 3. The van der Waals surface area contributed by atoms with E-state index in [1.807, 2.05) is 12.1 Å². The van der Waals surface area contributed by atoms with Gasteiger partial charge in [-0.25, -0.2) is 9.97 Å². The van der Waals surface area contributed by atoms with Crippen LogP contribution in [0.1, 0.15) is 24.2 Å². The number of halogens is 3. The first-order valence-corrected chi connectivity index (χ1v) is 9.57. The SMILES string of the molecule is Cc1nc(C(F)(F)F)ccc1-c1ccc2nccc(NC3CCN(C)CC3)c2n1. The lowest BCUT2D eigenvalue weighted by Crippen LogP contribution is -2.36. The van der Waals surface area contributed by atoms with Crippen molar-refractivity contribution in [3.8, 4) is 11.3 Å². The molecule has 152 valence electrons. The second-order valence-corrected chi connectivity index (χ2v) is 7.47. The van der Waals surface area contributed by atoms with Gasteiger partial charge in [-0.3, -0.25) is 4.98 Å². The van der Waals surface area contributed by atoms with Crippen LogP contribution in [0.2, 0.25) is 0 Å². The molecule has 8 heteroatoms. The van der Waals surface area contributed by atoms with Gasteiger partial charge in [0.25, 0.3) is 0 Å². The number of fused-ring (bicyclic) bond motifs is 1. The molecule has 1 N–H and O–H groups in total. The lowest BCUT2D eigenvalue weighted by Gasteiger charge is -2.30. The number of nitrogens with zero attached hydrogens (tertiary/aromatic N) is 4. The number of anilines is 1. The van der Waals surface area contributed by atoms with E-state index in [0.717, 1.165) is 43.2 Å². The van der Waals surface area contributed by atoms with Crippen molar-refractivity contribution >= 4 is 16.7 Å². The second-order valence-electron chi connectivity index (χ2n) is 7.47. The fraction of sp³-hybridized carbons (Fsp3) is 0.381. The molecule has 0 saturated carbocycles. The van der Waals surface area contributed by atoms with Crippen molar-refractivity contribution in [1.29, 1.82) is 0 Å². The van der Waals surface area contributed by atoms with Crippen LogP contribution in [0.5, 0.6) is 0 Å². The summed E-state index contributed by atoms with van der Waals surface area (Å²) in [5, 5.41) is 3.57. The van der Waals surface area contributed by atoms with Crippen molar-refractivity contribution in [1.82, 2.24) is 19.9 Å². The third-order valence-electron chi connectivity index (χ3n) is 5.31. The maximum Gasteiger partial charge on any atom is 0.433 e. The smallest absolute Gasteiger partial charge is 0.380 e. The van der Waals surface area contributed by atoms with Gasteiger partial charge in [0.05, 0.1) is 16.9 Å². The lowest BCUT2D eigenvalue weighted by molar-refractivity contribution is -0.141. The molecule has 0 spiro atoms. The molecule has 0 aromatic carbocycles. The molecule has 29 heavy (non-hydrogen) atoms. The van der Waals surface area contributed by atoms with Gasteiger partial charge in [0.1, 0.15) is 11.2 Å². The van der Waals surface area contributed by atoms with Crippen LogP contribution in [0.4, 0.5) is 18.9 Å². The summed E-state index contributed by atoms with van der Waals surface area (Å²) in [6, 6.07) is 8.29. The molecule has 0 radical (unpaired) electrons. The highest BCUT2D eigenvalue weighted by atomic mass is 19.4. The van der Waals surface area contributed by atoms with Gasteiger partial charge in [-0.1, -0.05) is 0 Å². The van der Waals surface area contributed by atoms with Crippen molar-refractivity contribution < 1.29 is 13.2 Å². The van der Waals surface area contributed by atoms with E-state index in [0.29, 0.717) is 28.5 Å². The number of hydrogen-bond acceptors (Lipinski definition) is 5. The van der Waals surface area contributed by atoms with E-state index in [2.05, 4.69) is 27.2 Å². The minimum Gasteiger partial charge on any atom is -0.380 e. The maximum atomic E-state index is 12.9. The molecular weight excluding hydrogens is 379 g/mol. The van der Waals surface area contributed by atoms with E-state index in [4.69, 9.17) is 4.98 Å². The van der Waals surface area contributed by atoms with Crippen LogP contribution < -0.4 is 5.32 Å². The van der Waals surface area contributed by atoms with Crippen molar-refractivity contribution in [2.75, 3.05) is 25.5 Å². The van der Waals surface area contributed by atoms with Crippen LogP contribution in [0, 0.1) is 6.92 Å². The Bertz CT molecular complexity index is 1030. The molecule has 1 saturated heterocycles. The predicted molar refractivity (Wildman–Crippen MR) is 107 cm³/mol. The monoisotopic (exact) mass is 401 g/mol. The van der Waals surface area contributed by atoms with Crippen molar-refractivity contribution in [3.05, 3.63) is 47.9 Å². The fourth-order valence-electron chi connectivity index (χ4n) is 3.65. The summed E-state index contributed by atoms with van der Waals surface area (Å²) in [5.41, 5.74) is 2.90. The first-order chi connectivity index (χ1) is 13.8. The van der Waals surface area contributed by atoms with Gasteiger partial charge in [-0.15, -0.1) is 0 Å². The van der Waals surface area contributed by atoms with Gasteiger partial charge in [0.2, 0.25) is 0 Å². The summed E-state index contributed by atoms with van der Waals surface area (Å²) >= 11 is 0. The van der Waals surface area contributed by atoms with Crippen molar-refractivity contribution in [2.24, 2.45) is 0 Å². The average molecular weight is 401 g/mol. The van der Waals surface area contributed by atoms with Gasteiger partial charge < -0.3 is 10.2 Å². The molecular formula is C21H22F3N5. The highest BCUT2D eigenvalue weighted by Crippen LogP contribution is 2.31. The van der Waals surface area contributed by atoms with Crippen molar-refractivity contribution in [3.63, 3.8) is 0 Å². The normalized spacial score (nSPS) is 16.3. The van der Waals surface area contributed by atoms with Crippen LogP contribution in [-0.4, -0.2) is 46.0 Å². The standard InChI is InChI=1S/C21H22F3N5/c1-13-15(3-6-19(26-13)21(22,23)24)16-4-5-17-20(28-16)18(7-10-25-17)27-14-8-11-29(2)12-9-14/h3-7,10,14H,8-9,11-12H2,1-2H3,(H,25,27). The minimum absolute atomic E-state index is 0.292. The zero-order chi connectivity index (χ0) is 20.6. The number of pyridine rings is 3. The molecule has 0 bridgehead atoms. The van der Waals surface area contributed by atoms with E-state index in [9.17, 15) is 13.2 Å². The third kappa shape index (κ3) is 4.17. The zero-order valence-corrected chi connectivity index (χ0v) is 16.3. The Labute approximate surface area is 167 Å². The Balaban J connectivity index is 1.69. The Hall–Kier alpha value is -2.74. The first kappa shape index (κ1) is 19.6. The topological polar surface area (TPSA) is 53.9 Å². The molecule has 0 unspecified atom stereocenters. The Morgan fingerprint density at radius 2 is 1.79 bits per heavy atom. The quantitative estimate of drug-likeness (QED) is 0.699. The molecule has 4 rings (SSSR count). The van der Waals surface area contributed by atoms with Crippen LogP contribution in [-0.2, 0) is 6.18 Å². The number of rotatable bonds is 3. The zero-order valence-electron chi connectivity index (χ0n) is 16.3. The molecule has 4 heterocycles. The number of hydrogen-bond donors (Lipinski definition) is 1. The molecule has 1 fully saturated rings. The highest BCUT2D eigenvalue weighted by molar-refractivity contribution is 5.89. The van der Waals surface area contributed by atoms with Gasteiger partial charge >= 0.3 is 6.18 Å². The van der Waals surface area contributed by atoms with Gasteiger partial charge in [-0.2, -0.15) is 13.2 Å². The molecule has 1 aliphatic heterocycles.